The Labute approximate surface area is 178 Å². The molecule has 0 spiro atoms. The second-order valence-corrected chi connectivity index (χ2v) is 7.63. The van der Waals surface area contributed by atoms with E-state index in [2.05, 4.69) is 15.3 Å². The standard InChI is InChI=1S/C21H25N5O5/c1-30-8-9-31-16-4-2-14(3-5-16)24-21(27)18-11-15(25-7-6-22-13-25)10-17-19(26(28)29)12-23-20(17)18/h6-7,10-14,16,23H,2-5,8-9H2,1H3,(H,24,27)/t14-,16-. The fourth-order valence-corrected chi connectivity index (χ4v) is 4.03. The van der Waals surface area contributed by atoms with Gasteiger partial charge in [-0.2, -0.15) is 0 Å². The molecule has 0 unspecified atom stereocenters. The number of ether oxygens (including phenoxy) is 2. The first-order valence-corrected chi connectivity index (χ1v) is 10.3. The van der Waals surface area contributed by atoms with Crippen LogP contribution in [0.3, 0.4) is 0 Å². The number of aromatic nitrogens is 3. The van der Waals surface area contributed by atoms with Crippen LogP contribution < -0.4 is 5.32 Å². The van der Waals surface area contributed by atoms with E-state index in [1.165, 1.54) is 6.20 Å². The Morgan fingerprint density at radius 3 is 2.81 bits per heavy atom. The Morgan fingerprint density at radius 1 is 1.32 bits per heavy atom. The van der Waals surface area contributed by atoms with E-state index in [-0.39, 0.29) is 23.7 Å². The van der Waals surface area contributed by atoms with E-state index < -0.39 is 4.92 Å². The summed E-state index contributed by atoms with van der Waals surface area (Å²) in [5.74, 6) is -0.257. The number of methoxy groups -OCH3 is 1. The number of nitrogens with zero attached hydrogens (tertiary/aromatic N) is 3. The Kier molecular flexibility index (Phi) is 6.28. The Hall–Kier alpha value is -3.24. The monoisotopic (exact) mass is 427 g/mol. The van der Waals surface area contributed by atoms with Crippen LogP contribution in [0.2, 0.25) is 0 Å². The number of H-pyrrole nitrogens is 1. The van der Waals surface area contributed by atoms with Crippen LogP contribution >= 0.6 is 0 Å². The maximum atomic E-state index is 13.1. The molecule has 2 heterocycles. The van der Waals surface area contributed by atoms with E-state index in [9.17, 15) is 14.9 Å². The summed E-state index contributed by atoms with van der Waals surface area (Å²) in [5, 5.41) is 14.9. The number of hydrogen-bond donors (Lipinski definition) is 2. The van der Waals surface area contributed by atoms with Crippen LogP contribution in [0.15, 0.2) is 37.1 Å². The molecule has 2 N–H and O–H groups in total. The zero-order chi connectivity index (χ0) is 21.8. The molecule has 2 aromatic heterocycles. The van der Waals surface area contributed by atoms with Gasteiger partial charge in [0.2, 0.25) is 0 Å². The quantitative estimate of drug-likeness (QED) is 0.324. The Balaban J connectivity index is 1.53. The fourth-order valence-electron chi connectivity index (χ4n) is 4.03. The lowest BCUT2D eigenvalue weighted by molar-refractivity contribution is -0.383. The largest absolute Gasteiger partial charge is 0.382 e. The summed E-state index contributed by atoms with van der Waals surface area (Å²) < 4.78 is 12.5. The van der Waals surface area contributed by atoms with Crippen molar-refractivity contribution in [2.75, 3.05) is 20.3 Å². The molecule has 1 amide bonds. The molecule has 4 rings (SSSR count). The Bertz CT molecular complexity index is 1050. The average Bonchev–Trinajstić information content (AvgIpc) is 3.44. The fraction of sp³-hybridized carbons (Fsp3) is 0.429. The highest BCUT2D eigenvalue weighted by Crippen LogP contribution is 2.31. The number of aromatic amines is 1. The predicted molar refractivity (Wildman–Crippen MR) is 113 cm³/mol. The van der Waals surface area contributed by atoms with Gasteiger partial charge >= 0.3 is 0 Å². The molecular weight excluding hydrogens is 402 g/mol. The van der Waals surface area contributed by atoms with Crippen LogP contribution in [-0.2, 0) is 9.47 Å². The van der Waals surface area contributed by atoms with Gasteiger partial charge in [0.25, 0.3) is 11.6 Å². The molecule has 0 aliphatic heterocycles. The minimum atomic E-state index is -0.455. The number of nitro groups is 1. The van der Waals surface area contributed by atoms with Gasteiger partial charge in [0, 0.05) is 31.2 Å². The maximum Gasteiger partial charge on any atom is 0.294 e. The molecule has 0 atom stereocenters. The summed E-state index contributed by atoms with van der Waals surface area (Å²) in [4.78, 5) is 31.1. The minimum Gasteiger partial charge on any atom is -0.382 e. The summed E-state index contributed by atoms with van der Waals surface area (Å²) in [6.07, 6.45) is 9.81. The van der Waals surface area contributed by atoms with Gasteiger partial charge in [-0.3, -0.25) is 14.9 Å². The molecule has 10 nitrogen and oxygen atoms in total. The van der Waals surface area contributed by atoms with Crippen molar-refractivity contribution in [3.05, 3.63) is 52.7 Å². The van der Waals surface area contributed by atoms with E-state index in [1.807, 2.05) is 0 Å². The van der Waals surface area contributed by atoms with Crippen molar-refractivity contribution in [3.63, 3.8) is 0 Å². The predicted octanol–water partition coefficient (Wildman–Crippen LogP) is 2.97. The second-order valence-electron chi connectivity index (χ2n) is 7.63. The van der Waals surface area contributed by atoms with E-state index >= 15 is 0 Å². The van der Waals surface area contributed by atoms with E-state index in [0.717, 1.165) is 25.7 Å². The molecule has 10 heteroatoms. The molecule has 1 fully saturated rings. The summed E-state index contributed by atoms with van der Waals surface area (Å²) in [5.41, 5.74) is 1.38. The van der Waals surface area contributed by atoms with Crippen molar-refractivity contribution in [2.24, 2.45) is 0 Å². The van der Waals surface area contributed by atoms with Gasteiger partial charge in [-0.05, 0) is 37.8 Å². The molecule has 1 aromatic carbocycles. The molecule has 3 aromatic rings. The highest BCUT2D eigenvalue weighted by atomic mass is 16.6. The van der Waals surface area contributed by atoms with Crippen LogP contribution in [0.25, 0.3) is 16.6 Å². The summed E-state index contributed by atoms with van der Waals surface area (Å²) in [7, 11) is 1.65. The molecule has 0 radical (unpaired) electrons. The van der Waals surface area contributed by atoms with Gasteiger partial charge in [0.1, 0.15) is 0 Å². The first kappa shape index (κ1) is 21.0. The number of carbonyl (C=O) groups excluding carboxylic acids is 1. The van der Waals surface area contributed by atoms with Gasteiger partial charge in [-0.25, -0.2) is 4.98 Å². The van der Waals surface area contributed by atoms with Gasteiger partial charge < -0.3 is 24.3 Å². The SMILES string of the molecule is COCCO[C@H]1CC[C@H](NC(=O)c2cc(-n3ccnc3)cc3c([N+](=O)[O-])c[nH]c23)CC1. The third-order valence-corrected chi connectivity index (χ3v) is 5.65. The van der Waals surface area contributed by atoms with Crippen molar-refractivity contribution in [2.45, 2.75) is 37.8 Å². The molecule has 0 bridgehead atoms. The molecule has 31 heavy (non-hydrogen) atoms. The maximum absolute atomic E-state index is 13.1. The van der Waals surface area contributed by atoms with Crippen LogP contribution in [0.4, 0.5) is 5.69 Å². The molecule has 164 valence electrons. The zero-order valence-corrected chi connectivity index (χ0v) is 17.2. The Morgan fingerprint density at radius 2 is 2.13 bits per heavy atom. The van der Waals surface area contributed by atoms with Gasteiger partial charge in [0.15, 0.2) is 0 Å². The van der Waals surface area contributed by atoms with Gasteiger partial charge in [-0.15, -0.1) is 0 Å². The lowest BCUT2D eigenvalue weighted by atomic mass is 9.92. The topological polar surface area (TPSA) is 124 Å². The number of benzene rings is 1. The van der Waals surface area contributed by atoms with Gasteiger partial charge in [-0.1, -0.05) is 0 Å². The number of imidazole rings is 1. The van der Waals surface area contributed by atoms with E-state index in [4.69, 9.17) is 9.47 Å². The second kappa shape index (κ2) is 9.27. The number of amides is 1. The van der Waals surface area contributed by atoms with Crippen molar-refractivity contribution in [3.8, 4) is 5.69 Å². The van der Waals surface area contributed by atoms with Crippen LogP contribution in [0.1, 0.15) is 36.0 Å². The normalized spacial score (nSPS) is 18.9. The number of rotatable bonds is 8. The van der Waals surface area contributed by atoms with Crippen molar-refractivity contribution in [1.29, 1.82) is 0 Å². The summed E-state index contributed by atoms with van der Waals surface area (Å²) in [6.45, 7) is 1.14. The lowest BCUT2D eigenvalue weighted by Gasteiger charge is -2.29. The number of fused-ring (bicyclic) bond motifs is 1. The molecule has 0 saturated heterocycles. The molecule has 1 aliphatic carbocycles. The first-order chi connectivity index (χ1) is 15.1. The highest BCUT2D eigenvalue weighted by Gasteiger charge is 2.26. The number of carbonyl (C=O) groups is 1. The molecule has 1 aliphatic rings. The molecule has 1 saturated carbocycles. The molecular formula is C21H25N5O5. The lowest BCUT2D eigenvalue weighted by Crippen LogP contribution is -2.39. The number of hydrogen-bond acceptors (Lipinski definition) is 6. The summed E-state index contributed by atoms with van der Waals surface area (Å²) in [6, 6.07) is 3.44. The minimum absolute atomic E-state index is 0.0340. The average molecular weight is 427 g/mol. The van der Waals surface area contributed by atoms with Crippen molar-refractivity contribution >= 4 is 22.5 Å². The summed E-state index contributed by atoms with van der Waals surface area (Å²) >= 11 is 0. The van der Waals surface area contributed by atoms with Crippen molar-refractivity contribution in [1.82, 2.24) is 19.9 Å². The highest BCUT2D eigenvalue weighted by molar-refractivity contribution is 6.09. The zero-order valence-electron chi connectivity index (χ0n) is 17.2. The third kappa shape index (κ3) is 4.59. The van der Waals surface area contributed by atoms with Crippen LogP contribution in [0, 0.1) is 10.1 Å². The van der Waals surface area contributed by atoms with E-state index in [0.29, 0.717) is 35.4 Å². The number of nitrogens with one attached hydrogen (secondary N) is 2. The van der Waals surface area contributed by atoms with E-state index in [1.54, 1.807) is 42.5 Å². The first-order valence-electron chi connectivity index (χ1n) is 10.3. The van der Waals surface area contributed by atoms with Gasteiger partial charge in [0.05, 0.1) is 53.2 Å². The van der Waals surface area contributed by atoms with Crippen LogP contribution in [-0.4, -0.2) is 57.8 Å². The smallest absolute Gasteiger partial charge is 0.294 e. The third-order valence-electron chi connectivity index (χ3n) is 5.65. The van der Waals surface area contributed by atoms with Crippen molar-refractivity contribution < 1.29 is 19.2 Å². The van der Waals surface area contributed by atoms with Crippen LogP contribution in [0.5, 0.6) is 0 Å².